The van der Waals surface area contributed by atoms with E-state index in [4.69, 9.17) is 10.7 Å². The van der Waals surface area contributed by atoms with Crippen molar-refractivity contribution in [1.82, 2.24) is 0 Å². The Morgan fingerprint density at radius 2 is 1.75 bits per heavy atom. The van der Waals surface area contributed by atoms with Crippen LogP contribution in [0.4, 0.5) is 0 Å². The van der Waals surface area contributed by atoms with Gasteiger partial charge in [-0.25, -0.2) is 0 Å². The summed E-state index contributed by atoms with van der Waals surface area (Å²) >= 11 is 0. The van der Waals surface area contributed by atoms with Gasteiger partial charge in [0.25, 0.3) is 0 Å². The molecule has 0 aliphatic carbocycles. The molecule has 0 aliphatic heterocycles. The zero-order chi connectivity index (χ0) is 9.23. The Balaban J connectivity index is 3.02. The summed E-state index contributed by atoms with van der Waals surface area (Å²) in [5.41, 5.74) is 0.227. The van der Waals surface area contributed by atoms with Gasteiger partial charge in [0, 0.05) is 0 Å². The van der Waals surface area contributed by atoms with Gasteiger partial charge in [-0.2, -0.15) is 5.26 Å². The molecule has 0 rings (SSSR count). The Hall–Kier alpha value is -0.840. The Kier molecular flexibility index (Phi) is 7.68. The third kappa shape index (κ3) is 7.27. The normalized spacial score (nSPS) is 9.33. The van der Waals surface area contributed by atoms with E-state index in [0.29, 0.717) is 6.42 Å². The maximum atomic E-state index is 8.30. The van der Waals surface area contributed by atoms with Gasteiger partial charge in [-0.1, -0.05) is 39.0 Å². The molecule has 0 radical (unpaired) electrons. The lowest BCUT2D eigenvalue weighted by Crippen LogP contribution is -1.90. The summed E-state index contributed by atoms with van der Waals surface area (Å²) < 4.78 is 0. The monoisotopic (exact) mass is 166 g/mol. The van der Waals surface area contributed by atoms with E-state index >= 15 is 0 Å². The molecule has 0 bridgehead atoms. The zero-order valence-corrected chi connectivity index (χ0v) is 7.90. The maximum absolute atomic E-state index is 8.30. The van der Waals surface area contributed by atoms with Crippen LogP contribution in [0.25, 0.3) is 0 Å². The van der Waals surface area contributed by atoms with Crippen molar-refractivity contribution in [3.8, 4) is 6.07 Å². The topological polar surface area (TPSA) is 47.6 Å². The predicted molar refractivity (Wildman–Crippen MR) is 51.3 cm³/mol. The van der Waals surface area contributed by atoms with E-state index in [-0.39, 0.29) is 5.71 Å². The van der Waals surface area contributed by atoms with Crippen LogP contribution in [0.3, 0.4) is 0 Å². The van der Waals surface area contributed by atoms with Gasteiger partial charge in [0.1, 0.15) is 11.8 Å². The van der Waals surface area contributed by atoms with Crippen molar-refractivity contribution in [2.24, 2.45) is 0 Å². The molecule has 0 atom stereocenters. The van der Waals surface area contributed by atoms with Crippen LogP contribution in [0.15, 0.2) is 0 Å². The smallest absolute Gasteiger partial charge is 0.114 e. The highest BCUT2D eigenvalue weighted by Crippen LogP contribution is 2.06. The standard InChI is InChI=1S/C10H18N2/c1-2-3-4-5-6-7-8-10(12)9-11/h12H,2-8H2,1H3. The lowest BCUT2D eigenvalue weighted by molar-refractivity contribution is 0.615. The van der Waals surface area contributed by atoms with Crippen molar-refractivity contribution in [2.75, 3.05) is 0 Å². The molecular formula is C10H18N2. The van der Waals surface area contributed by atoms with E-state index in [1.54, 1.807) is 0 Å². The molecule has 68 valence electrons. The quantitative estimate of drug-likeness (QED) is 0.458. The lowest BCUT2D eigenvalue weighted by atomic mass is 10.1. The number of hydrogen-bond acceptors (Lipinski definition) is 2. The molecule has 0 aromatic heterocycles. The molecule has 0 saturated carbocycles. The molecule has 0 spiro atoms. The average molecular weight is 166 g/mol. The first-order valence-electron chi connectivity index (χ1n) is 4.78. The van der Waals surface area contributed by atoms with Crippen molar-refractivity contribution in [3.05, 3.63) is 0 Å². The van der Waals surface area contributed by atoms with Crippen molar-refractivity contribution in [3.63, 3.8) is 0 Å². The third-order valence-electron chi connectivity index (χ3n) is 1.92. The van der Waals surface area contributed by atoms with E-state index in [1.807, 2.05) is 6.07 Å². The van der Waals surface area contributed by atoms with E-state index in [9.17, 15) is 0 Å². The fraction of sp³-hybridized carbons (Fsp3) is 0.800. The highest BCUT2D eigenvalue weighted by Gasteiger charge is 1.94. The van der Waals surface area contributed by atoms with Gasteiger partial charge in [0.15, 0.2) is 0 Å². The van der Waals surface area contributed by atoms with Gasteiger partial charge in [-0.3, -0.25) is 5.41 Å². The molecule has 2 nitrogen and oxygen atoms in total. The third-order valence-corrected chi connectivity index (χ3v) is 1.92. The second-order valence-corrected chi connectivity index (χ2v) is 3.11. The molecule has 0 aliphatic rings. The zero-order valence-electron chi connectivity index (χ0n) is 7.90. The van der Waals surface area contributed by atoms with Crippen LogP contribution in [0, 0.1) is 16.7 Å². The summed E-state index contributed by atoms with van der Waals surface area (Å²) in [7, 11) is 0. The first-order valence-corrected chi connectivity index (χ1v) is 4.78. The van der Waals surface area contributed by atoms with Gasteiger partial charge in [0.2, 0.25) is 0 Å². The van der Waals surface area contributed by atoms with Gasteiger partial charge < -0.3 is 0 Å². The van der Waals surface area contributed by atoms with Gasteiger partial charge >= 0.3 is 0 Å². The molecular weight excluding hydrogens is 148 g/mol. The summed E-state index contributed by atoms with van der Waals surface area (Å²) in [5.74, 6) is 0. The molecule has 0 heterocycles. The second-order valence-electron chi connectivity index (χ2n) is 3.11. The largest absolute Gasteiger partial charge is 0.294 e. The van der Waals surface area contributed by atoms with E-state index in [2.05, 4.69) is 6.92 Å². The van der Waals surface area contributed by atoms with E-state index < -0.39 is 0 Å². The summed E-state index contributed by atoms with van der Waals surface area (Å²) in [6.45, 7) is 2.20. The number of rotatable bonds is 7. The molecule has 0 fully saturated rings. The fourth-order valence-corrected chi connectivity index (χ4v) is 1.14. The van der Waals surface area contributed by atoms with Crippen LogP contribution < -0.4 is 0 Å². The van der Waals surface area contributed by atoms with E-state index in [1.165, 1.54) is 32.1 Å². The van der Waals surface area contributed by atoms with Gasteiger partial charge in [0.05, 0.1) is 0 Å². The first-order chi connectivity index (χ1) is 5.81. The van der Waals surface area contributed by atoms with Crippen molar-refractivity contribution < 1.29 is 0 Å². The Bertz CT molecular complexity index is 156. The minimum absolute atomic E-state index is 0.227. The highest BCUT2D eigenvalue weighted by atomic mass is 14.4. The highest BCUT2D eigenvalue weighted by molar-refractivity contribution is 5.95. The fourth-order valence-electron chi connectivity index (χ4n) is 1.14. The SMILES string of the molecule is CCCCCCCCC(=N)C#N. The van der Waals surface area contributed by atoms with Crippen molar-refractivity contribution in [1.29, 1.82) is 10.7 Å². The van der Waals surface area contributed by atoms with Crippen LogP contribution in [0.1, 0.15) is 51.9 Å². The number of nitrogens with zero attached hydrogens (tertiary/aromatic N) is 1. The molecule has 0 unspecified atom stereocenters. The minimum Gasteiger partial charge on any atom is -0.294 e. The van der Waals surface area contributed by atoms with E-state index in [0.717, 1.165) is 6.42 Å². The molecule has 12 heavy (non-hydrogen) atoms. The summed E-state index contributed by atoms with van der Waals surface area (Å²) in [6.07, 6.45) is 8.00. The Labute approximate surface area is 75.1 Å². The first kappa shape index (κ1) is 11.2. The number of nitrogens with one attached hydrogen (secondary N) is 1. The van der Waals surface area contributed by atoms with Gasteiger partial charge in [-0.05, 0) is 12.8 Å². The maximum Gasteiger partial charge on any atom is 0.114 e. The average Bonchev–Trinajstić information content (AvgIpc) is 2.10. The molecule has 2 heteroatoms. The molecule has 1 N–H and O–H groups in total. The Morgan fingerprint density at radius 3 is 2.33 bits per heavy atom. The van der Waals surface area contributed by atoms with Crippen LogP contribution >= 0.6 is 0 Å². The lowest BCUT2D eigenvalue weighted by Gasteiger charge is -1.97. The molecule has 0 saturated heterocycles. The van der Waals surface area contributed by atoms with Gasteiger partial charge in [-0.15, -0.1) is 0 Å². The Morgan fingerprint density at radius 1 is 1.17 bits per heavy atom. The second kappa shape index (κ2) is 8.26. The number of unbranched alkanes of at least 4 members (excludes halogenated alkanes) is 5. The molecule has 0 aromatic rings. The van der Waals surface area contributed by atoms with Crippen LogP contribution in [-0.2, 0) is 0 Å². The number of nitriles is 1. The molecule has 0 aromatic carbocycles. The van der Waals surface area contributed by atoms with Crippen LogP contribution in [0.5, 0.6) is 0 Å². The van der Waals surface area contributed by atoms with Crippen molar-refractivity contribution in [2.45, 2.75) is 51.9 Å². The number of hydrogen-bond donors (Lipinski definition) is 1. The van der Waals surface area contributed by atoms with Crippen molar-refractivity contribution >= 4 is 5.71 Å². The van der Waals surface area contributed by atoms with Crippen LogP contribution in [-0.4, -0.2) is 5.71 Å². The summed E-state index contributed by atoms with van der Waals surface area (Å²) in [4.78, 5) is 0. The summed E-state index contributed by atoms with van der Waals surface area (Å²) in [6, 6.07) is 1.85. The minimum atomic E-state index is 0.227. The molecule has 0 amide bonds. The predicted octanol–water partition coefficient (Wildman–Crippen LogP) is 3.28. The summed E-state index contributed by atoms with van der Waals surface area (Å²) in [5, 5.41) is 15.4. The van der Waals surface area contributed by atoms with Crippen LogP contribution in [0.2, 0.25) is 0 Å².